The molecule has 0 aliphatic carbocycles. The van der Waals surface area contributed by atoms with Gasteiger partial charge >= 0.3 is 7.82 Å². The number of nitrogens with two attached hydrogens (primary N) is 1. The molecule has 2 aliphatic heterocycles. The fraction of sp³-hybridized carbons (Fsp3) is 1.00. The number of hydrogen-bond donors (Lipinski definition) is 1. The molecule has 2 aliphatic rings. The van der Waals surface area contributed by atoms with E-state index in [1.807, 2.05) is 14.8 Å². The fourth-order valence-electron chi connectivity index (χ4n) is 1.85. The third-order valence-corrected chi connectivity index (χ3v) is 4.47. The van der Waals surface area contributed by atoms with E-state index in [0.29, 0.717) is 0 Å². The summed E-state index contributed by atoms with van der Waals surface area (Å²) in [5.74, 6) is 0. The summed E-state index contributed by atoms with van der Waals surface area (Å²) in [6.45, 7) is 2.00. The van der Waals surface area contributed by atoms with Crippen LogP contribution in [0.15, 0.2) is 0 Å². The van der Waals surface area contributed by atoms with E-state index in [0.717, 1.165) is 0 Å². The van der Waals surface area contributed by atoms with Gasteiger partial charge in [-0.1, -0.05) is 0 Å². The average molecular weight is 235 g/mol. The lowest BCUT2D eigenvalue weighted by Crippen LogP contribution is -2.55. The summed E-state index contributed by atoms with van der Waals surface area (Å²) in [6.07, 6.45) is -0.723. The molecule has 0 spiro atoms. The van der Waals surface area contributed by atoms with Gasteiger partial charge in [0.15, 0.2) is 0 Å². The Hall–Kier alpha value is 0.0949. The van der Waals surface area contributed by atoms with Crippen LogP contribution in [0.4, 0.5) is 0 Å². The molecule has 0 aromatic rings. The molecule has 8 heteroatoms. The van der Waals surface area contributed by atoms with Crippen molar-refractivity contribution < 1.29 is 22.9 Å². The van der Waals surface area contributed by atoms with Crippen LogP contribution in [0.25, 0.3) is 0 Å². The van der Waals surface area contributed by atoms with Crippen LogP contribution in [0.2, 0.25) is 0 Å². The zero-order valence-corrected chi connectivity index (χ0v) is 9.90. The Morgan fingerprint density at radius 2 is 2.33 bits per heavy atom. The Morgan fingerprint density at radius 3 is 2.93 bits per heavy atom. The molecule has 2 rings (SSSR count). The molecular weight excluding hydrogens is 220 g/mol. The number of hydrogen-bond acceptors (Lipinski definition) is 6. The number of ether oxygens (including phenoxy) is 1. The highest BCUT2D eigenvalue weighted by atomic mass is 31.2. The molecular formula is C7H15BNO5P. The minimum atomic E-state index is -3.43. The topological polar surface area (TPSA) is 80.0 Å². The number of fused-ring (bicyclic) bond motifs is 1. The van der Waals surface area contributed by atoms with E-state index in [1.54, 1.807) is 0 Å². The smallest absolute Gasteiger partial charge is 0.377 e. The van der Waals surface area contributed by atoms with Crippen LogP contribution in [0.3, 0.4) is 0 Å². The molecule has 2 N–H and O–H groups in total. The Bertz CT molecular complexity index is 312. The van der Waals surface area contributed by atoms with Crippen molar-refractivity contribution in [2.24, 2.45) is 5.73 Å². The summed E-state index contributed by atoms with van der Waals surface area (Å²) in [5.41, 5.74) is 5.39. The van der Waals surface area contributed by atoms with Crippen molar-refractivity contribution in [3.63, 3.8) is 0 Å². The highest BCUT2D eigenvalue weighted by Crippen LogP contribution is 2.56. The van der Waals surface area contributed by atoms with Gasteiger partial charge in [0.25, 0.3) is 0 Å². The molecule has 15 heavy (non-hydrogen) atoms. The van der Waals surface area contributed by atoms with Gasteiger partial charge in [-0.3, -0.25) is 13.6 Å². The Kier molecular flexibility index (Phi) is 2.74. The van der Waals surface area contributed by atoms with Crippen molar-refractivity contribution in [1.82, 2.24) is 0 Å². The lowest BCUT2D eigenvalue weighted by atomic mass is 9.80. The van der Waals surface area contributed by atoms with E-state index in [2.05, 4.69) is 0 Å². The first-order valence-electron chi connectivity index (χ1n) is 4.82. The van der Waals surface area contributed by atoms with Gasteiger partial charge in [-0.05, 0) is 6.92 Å². The normalized spacial score (nSPS) is 55.3. The third kappa shape index (κ3) is 1.77. The molecule has 0 aromatic heterocycles. The summed E-state index contributed by atoms with van der Waals surface area (Å²) < 4.78 is 32.3. The van der Waals surface area contributed by atoms with Crippen LogP contribution < -0.4 is 5.73 Å². The summed E-state index contributed by atoms with van der Waals surface area (Å²) in [4.78, 5) is 0. The molecule has 1 unspecified atom stereocenters. The summed E-state index contributed by atoms with van der Waals surface area (Å²) in [6, 6.07) is -0.167. The average Bonchev–Trinajstić information content (AvgIpc) is 2.40. The van der Waals surface area contributed by atoms with E-state index >= 15 is 0 Å². The molecule has 0 amide bonds. The molecule has 86 valence electrons. The number of phosphoric acid groups is 1. The van der Waals surface area contributed by atoms with Crippen LogP contribution in [-0.4, -0.2) is 45.3 Å². The van der Waals surface area contributed by atoms with Gasteiger partial charge in [-0.2, -0.15) is 0 Å². The summed E-state index contributed by atoms with van der Waals surface area (Å²) in [5, 5.41) is 0. The van der Waals surface area contributed by atoms with Gasteiger partial charge in [0.1, 0.15) is 20.1 Å². The first-order chi connectivity index (χ1) is 6.89. The minimum Gasteiger partial charge on any atom is -0.377 e. The molecule has 0 aromatic carbocycles. The monoisotopic (exact) mass is 235 g/mol. The molecule has 2 saturated heterocycles. The highest BCUT2D eigenvalue weighted by molar-refractivity contribution is 7.48. The zero-order chi connectivity index (χ0) is 11.3. The van der Waals surface area contributed by atoms with E-state index in [4.69, 9.17) is 24.0 Å². The predicted molar refractivity (Wildman–Crippen MR) is 55.2 cm³/mol. The van der Waals surface area contributed by atoms with Crippen molar-refractivity contribution in [1.29, 1.82) is 0 Å². The van der Waals surface area contributed by atoms with E-state index in [1.165, 1.54) is 7.11 Å². The SMILES string of the molecule is B[C@@H]1O[C@@H]2COP(=O)(OC)O[C@H]2[C@@]1(C)N. The lowest BCUT2D eigenvalue weighted by Gasteiger charge is -2.35. The summed E-state index contributed by atoms with van der Waals surface area (Å²) in [7, 11) is -0.284. The lowest BCUT2D eigenvalue weighted by molar-refractivity contribution is -0.0481. The van der Waals surface area contributed by atoms with Gasteiger partial charge in [0.05, 0.1) is 12.1 Å². The van der Waals surface area contributed by atoms with Gasteiger partial charge in [0.2, 0.25) is 0 Å². The first kappa shape index (κ1) is 11.6. The van der Waals surface area contributed by atoms with E-state index in [-0.39, 0.29) is 18.7 Å². The number of rotatable bonds is 1. The zero-order valence-electron chi connectivity index (χ0n) is 9.00. The number of phosphoric ester groups is 1. The Balaban J connectivity index is 2.21. The van der Waals surface area contributed by atoms with Crippen molar-refractivity contribution in [3.8, 4) is 0 Å². The second-order valence-electron chi connectivity index (χ2n) is 4.13. The first-order valence-corrected chi connectivity index (χ1v) is 6.28. The van der Waals surface area contributed by atoms with Crippen molar-refractivity contribution in [2.75, 3.05) is 13.7 Å². The maximum Gasteiger partial charge on any atom is 0.475 e. The molecule has 6 nitrogen and oxygen atoms in total. The second kappa shape index (κ2) is 3.55. The molecule has 5 atom stereocenters. The van der Waals surface area contributed by atoms with Gasteiger partial charge in [-0.25, -0.2) is 4.57 Å². The maximum atomic E-state index is 11.8. The fourth-order valence-corrected chi connectivity index (χ4v) is 3.07. The molecule has 0 bridgehead atoms. The van der Waals surface area contributed by atoms with Crippen molar-refractivity contribution in [2.45, 2.75) is 30.7 Å². The van der Waals surface area contributed by atoms with Crippen LogP contribution >= 0.6 is 7.82 Å². The second-order valence-corrected chi connectivity index (χ2v) is 5.86. The maximum absolute atomic E-state index is 11.8. The third-order valence-electron chi connectivity index (χ3n) is 3.07. The summed E-state index contributed by atoms with van der Waals surface area (Å²) >= 11 is 0. The van der Waals surface area contributed by atoms with E-state index < -0.39 is 19.5 Å². The predicted octanol–water partition coefficient (Wildman–Crippen LogP) is -0.768. The quantitative estimate of drug-likeness (QED) is 0.475. The molecule has 0 radical (unpaired) electrons. The van der Waals surface area contributed by atoms with Gasteiger partial charge in [-0.15, -0.1) is 0 Å². The van der Waals surface area contributed by atoms with Crippen LogP contribution in [-0.2, 0) is 22.9 Å². The minimum absolute atomic E-state index is 0.167. The standard InChI is InChI=1S/C7H15BNO5P/c1-7(9)5-4(13-6(7)8)3-12-15(10,11-2)14-5/h4-6H,3,8-9H2,1-2H3/t4-,5-,6-,7-,15?/m1/s1. The Labute approximate surface area is 89.4 Å². The largest absolute Gasteiger partial charge is 0.475 e. The van der Waals surface area contributed by atoms with E-state index in [9.17, 15) is 4.57 Å². The van der Waals surface area contributed by atoms with Crippen LogP contribution in [0.1, 0.15) is 6.92 Å². The van der Waals surface area contributed by atoms with Gasteiger partial charge in [0, 0.05) is 13.1 Å². The highest BCUT2D eigenvalue weighted by Gasteiger charge is 2.56. The Morgan fingerprint density at radius 1 is 1.67 bits per heavy atom. The molecule has 0 saturated carbocycles. The van der Waals surface area contributed by atoms with Gasteiger partial charge < -0.3 is 10.5 Å². The molecule has 2 fully saturated rings. The van der Waals surface area contributed by atoms with Crippen LogP contribution in [0, 0.1) is 0 Å². The van der Waals surface area contributed by atoms with Crippen molar-refractivity contribution >= 4 is 15.7 Å². The van der Waals surface area contributed by atoms with Crippen molar-refractivity contribution in [3.05, 3.63) is 0 Å². The molecule has 2 heterocycles. The van der Waals surface area contributed by atoms with Crippen LogP contribution in [0.5, 0.6) is 0 Å².